The first-order valence-corrected chi connectivity index (χ1v) is 9.54. The maximum Gasteiger partial charge on any atom is 0.191 e. The highest BCUT2D eigenvalue weighted by molar-refractivity contribution is 5.80. The number of aromatic nitrogens is 1. The third kappa shape index (κ3) is 6.57. The zero-order valence-electron chi connectivity index (χ0n) is 17.0. The fraction of sp³-hybridized carbons (Fsp3) is 0.700. The molecule has 0 aromatic carbocycles. The largest absolute Gasteiger partial charge is 0.379 e. The van der Waals surface area contributed by atoms with E-state index in [0.717, 1.165) is 50.7 Å². The van der Waals surface area contributed by atoms with E-state index < -0.39 is 0 Å². The molecule has 1 saturated heterocycles. The molecule has 0 bridgehead atoms. The van der Waals surface area contributed by atoms with E-state index in [9.17, 15) is 0 Å². The molecule has 1 unspecified atom stereocenters. The van der Waals surface area contributed by atoms with Crippen LogP contribution in [0, 0.1) is 5.41 Å². The summed E-state index contributed by atoms with van der Waals surface area (Å²) in [5.41, 5.74) is 1.24. The maximum absolute atomic E-state index is 5.61. The first-order valence-electron chi connectivity index (χ1n) is 9.54. The Labute approximate surface area is 158 Å². The topological polar surface area (TPSA) is 61.8 Å². The average Bonchev–Trinajstić information content (AvgIpc) is 2.62. The minimum absolute atomic E-state index is 0.0947. The highest BCUT2D eigenvalue weighted by Crippen LogP contribution is 2.21. The van der Waals surface area contributed by atoms with Crippen LogP contribution < -0.4 is 10.6 Å². The molecule has 1 atom stereocenters. The molecule has 0 spiro atoms. The first kappa shape index (κ1) is 20.6. The fourth-order valence-electron chi connectivity index (χ4n) is 3.28. The van der Waals surface area contributed by atoms with Crippen LogP contribution in [-0.4, -0.2) is 61.8 Å². The lowest BCUT2D eigenvalue weighted by Crippen LogP contribution is -2.51. The summed E-state index contributed by atoms with van der Waals surface area (Å²) in [5, 5.41) is 6.98. The second kappa shape index (κ2) is 9.88. The Kier molecular flexibility index (Phi) is 7.85. The van der Waals surface area contributed by atoms with E-state index in [2.05, 4.69) is 58.4 Å². The molecule has 0 amide bonds. The number of aliphatic imine (C=N–C) groups is 1. The van der Waals surface area contributed by atoms with Crippen LogP contribution >= 0.6 is 0 Å². The van der Waals surface area contributed by atoms with Gasteiger partial charge in [0.05, 0.1) is 11.8 Å². The second-order valence-corrected chi connectivity index (χ2v) is 8.06. The Bertz CT molecular complexity index is 547. The lowest BCUT2D eigenvalue weighted by molar-refractivity contribution is 0.0204. The third-order valence-corrected chi connectivity index (χ3v) is 4.97. The fourth-order valence-corrected chi connectivity index (χ4v) is 3.28. The smallest absolute Gasteiger partial charge is 0.191 e. The van der Waals surface area contributed by atoms with Gasteiger partial charge in [-0.25, -0.2) is 0 Å². The minimum atomic E-state index is 0.0947. The number of ether oxygens (including phenoxy) is 1. The molecule has 1 aromatic rings. The zero-order chi connectivity index (χ0) is 19.0. The van der Waals surface area contributed by atoms with Gasteiger partial charge in [-0.3, -0.25) is 14.9 Å². The van der Waals surface area contributed by atoms with Crippen molar-refractivity contribution >= 4 is 5.96 Å². The Morgan fingerprint density at radius 2 is 2.08 bits per heavy atom. The number of pyridine rings is 1. The van der Waals surface area contributed by atoms with E-state index in [1.54, 1.807) is 7.11 Å². The minimum Gasteiger partial charge on any atom is -0.379 e. The number of rotatable bonds is 6. The van der Waals surface area contributed by atoms with E-state index in [0.29, 0.717) is 6.04 Å². The van der Waals surface area contributed by atoms with Crippen LogP contribution in [0.25, 0.3) is 0 Å². The number of nitrogens with one attached hydrogen (secondary N) is 2. The van der Waals surface area contributed by atoms with Crippen molar-refractivity contribution in [2.24, 2.45) is 10.4 Å². The van der Waals surface area contributed by atoms with Crippen molar-refractivity contribution in [3.05, 3.63) is 30.1 Å². The molecule has 146 valence electrons. The summed E-state index contributed by atoms with van der Waals surface area (Å²) in [5.74, 6) is 0.861. The van der Waals surface area contributed by atoms with Gasteiger partial charge in [-0.1, -0.05) is 26.8 Å². The lowest BCUT2D eigenvalue weighted by Gasteiger charge is -2.34. The quantitative estimate of drug-likeness (QED) is 0.601. The molecular formula is C20H35N5O. The average molecular weight is 362 g/mol. The van der Waals surface area contributed by atoms with Crippen LogP contribution in [0.4, 0.5) is 0 Å². The van der Waals surface area contributed by atoms with E-state index in [1.165, 1.54) is 0 Å². The number of methoxy groups -OCH3 is 1. The van der Waals surface area contributed by atoms with Crippen LogP contribution in [-0.2, 0) is 11.3 Å². The van der Waals surface area contributed by atoms with Gasteiger partial charge >= 0.3 is 0 Å². The van der Waals surface area contributed by atoms with Crippen molar-refractivity contribution in [3.8, 4) is 0 Å². The molecule has 1 aliphatic heterocycles. The van der Waals surface area contributed by atoms with Crippen molar-refractivity contribution in [1.82, 2.24) is 20.5 Å². The Balaban J connectivity index is 1.74. The van der Waals surface area contributed by atoms with Gasteiger partial charge in [0.1, 0.15) is 0 Å². The number of hydrogen-bond donors (Lipinski definition) is 2. The number of guanidine groups is 1. The number of piperidine rings is 1. The van der Waals surface area contributed by atoms with Crippen molar-refractivity contribution in [2.75, 3.05) is 33.8 Å². The van der Waals surface area contributed by atoms with Gasteiger partial charge in [-0.2, -0.15) is 0 Å². The van der Waals surface area contributed by atoms with Crippen LogP contribution in [0.2, 0.25) is 0 Å². The van der Waals surface area contributed by atoms with Gasteiger partial charge in [0.25, 0.3) is 0 Å². The van der Waals surface area contributed by atoms with Gasteiger partial charge in [-0.05, 0) is 30.4 Å². The van der Waals surface area contributed by atoms with Crippen molar-refractivity contribution in [1.29, 1.82) is 0 Å². The molecule has 6 heteroatoms. The van der Waals surface area contributed by atoms with E-state index in [-0.39, 0.29) is 11.5 Å². The Morgan fingerprint density at radius 1 is 1.35 bits per heavy atom. The SMILES string of the molecule is CN=C(NCC(OC)C(C)(C)C)NC1CCN(Cc2ccccn2)CC1. The van der Waals surface area contributed by atoms with Gasteiger partial charge in [0.2, 0.25) is 0 Å². The standard InChI is InChI=1S/C20H35N5O/c1-20(2,3)18(26-5)14-23-19(21-4)24-16-9-12-25(13-10-16)15-17-8-6-7-11-22-17/h6-8,11,16,18H,9-10,12-15H2,1-5H3,(H2,21,23,24). The summed E-state index contributed by atoms with van der Waals surface area (Å²) in [6.45, 7) is 10.4. The van der Waals surface area contributed by atoms with Crippen molar-refractivity contribution in [2.45, 2.75) is 52.3 Å². The van der Waals surface area contributed by atoms with E-state index in [1.807, 2.05) is 19.3 Å². The molecule has 1 aliphatic rings. The van der Waals surface area contributed by atoms with E-state index >= 15 is 0 Å². The van der Waals surface area contributed by atoms with Crippen molar-refractivity contribution in [3.63, 3.8) is 0 Å². The molecule has 1 fully saturated rings. The summed E-state index contributed by atoms with van der Waals surface area (Å²) in [6, 6.07) is 6.57. The predicted octanol–water partition coefficient (Wildman–Crippen LogP) is 2.27. The Morgan fingerprint density at radius 3 is 2.62 bits per heavy atom. The molecule has 26 heavy (non-hydrogen) atoms. The highest BCUT2D eigenvalue weighted by Gasteiger charge is 2.25. The Hall–Kier alpha value is -1.66. The highest BCUT2D eigenvalue weighted by atomic mass is 16.5. The number of likely N-dealkylation sites (tertiary alicyclic amines) is 1. The number of nitrogens with zero attached hydrogens (tertiary/aromatic N) is 3. The number of hydrogen-bond acceptors (Lipinski definition) is 4. The normalized spacial score (nSPS) is 18.6. The monoisotopic (exact) mass is 361 g/mol. The molecule has 0 radical (unpaired) electrons. The van der Waals surface area contributed by atoms with Gasteiger partial charge < -0.3 is 15.4 Å². The summed E-state index contributed by atoms with van der Waals surface area (Å²) < 4.78 is 5.61. The first-order chi connectivity index (χ1) is 12.4. The molecular weight excluding hydrogens is 326 g/mol. The molecule has 2 rings (SSSR count). The van der Waals surface area contributed by atoms with Crippen molar-refractivity contribution < 1.29 is 4.74 Å². The second-order valence-electron chi connectivity index (χ2n) is 8.06. The van der Waals surface area contributed by atoms with Crippen LogP contribution in [0.5, 0.6) is 0 Å². The molecule has 2 heterocycles. The molecule has 6 nitrogen and oxygen atoms in total. The maximum atomic E-state index is 5.61. The van der Waals surface area contributed by atoms with Crippen LogP contribution in [0.1, 0.15) is 39.3 Å². The summed E-state index contributed by atoms with van der Waals surface area (Å²) in [7, 11) is 3.59. The molecule has 1 aromatic heterocycles. The van der Waals surface area contributed by atoms with Gasteiger partial charge in [-0.15, -0.1) is 0 Å². The van der Waals surface area contributed by atoms with Crippen LogP contribution in [0.15, 0.2) is 29.4 Å². The predicted molar refractivity (Wildman–Crippen MR) is 107 cm³/mol. The molecule has 0 aliphatic carbocycles. The zero-order valence-corrected chi connectivity index (χ0v) is 17.0. The van der Waals surface area contributed by atoms with Gasteiger partial charge in [0.15, 0.2) is 5.96 Å². The van der Waals surface area contributed by atoms with E-state index in [4.69, 9.17) is 4.74 Å². The third-order valence-electron chi connectivity index (χ3n) is 4.97. The summed E-state index contributed by atoms with van der Waals surface area (Å²) in [6.07, 6.45) is 4.23. The molecule has 2 N–H and O–H groups in total. The lowest BCUT2D eigenvalue weighted by atomic mass is 9.89. The summed E-state index contributed by atoms with van der Waals surface area (Å²) in [4.78, 5) is 11.3. The summed E-state index contributed by atoms with van der Waals surface area (Å²) >= 11 is 0. The van der Waals surface area contributed by atoms with Gasteiger partial charge in [0, 0.05) is 52.6 Å². The molecule has 0 saturated carbocycles. The van der Waals surface area contributed by atoms with Crippen LogP contribution in [0.3, 0.4) is 0 Å².